The normalized spacial score (nSPS) is 12.6. The number of halogens is 2. The molecule has 0 saturated heterocycles. The second-order valence-electron chi connectivity index (χ2n) is 7.93. The number of hydrazone groups is 1. The van der Waals surface area contributed by atoms with E-state index in [0.29, 0.717) is 5.71 Å². The maximum Gasteiger partial charge on any atom is 0.264 e. The second-order valence-corrected chi connectivity index (χ2v) is 10.7. The summed E-state index contributed by atoms with van der Waals surface area (Å²) in [6.07, 6.45) is 0. The molecule has 0 radical (unpaired) electrons. The summed E-state index contributed by atoms with van der Waals surface area (Å²) < 4.78 is 27.6. The molecule has 9 heteroatoms. The van der Waals surface area contributed by atoms with Gasteiger partial charge in [0.25, 0.3) is 15.9 Å². The fraction of sp³-hybridized carbons (Fsp3) is 0.333. The van der Waals surface area contributed by atoms with Crippen LogP contribution in [0.2, 0.25) is 10.0 Å². The Balaban J connectivity index is 2.44. The number of sulfonamides is 1. The van der Waals surface area contributed by atoms with Crippen LogP contribution < -0.4 is 9.73 Å². The highest BCUT2D eigenvalue weighted by Gasteiger charge is 2.28. The van der Waals surface area contributed by atoms with Crippen LogP contribution in [0.4, 0.5) is 5.69 Å². The van der Waals surface area contributed by atoms with Crippen LogP contribution in [0.1, 0.15) is 33.3 Å². The van der Waals surface area contributed by atoms with E-state index < -0.39 is 22.5 Å². The summed E-state index contributed by atoms with van der Waals surface area (Å²) in [5.74, 6) is -0.592. The number of carbonyl (C=O) groups is 1. The number of nitrogens with zero attached hydrogens (tertiary/aromatic N) is 2. The minimum Gasteiger partial charge on any atom is -0.271 e. The fourth-order valence-corrected chi connectivity index (χ4v) is 4.23. The van der Waals surface area contributed by atoms with E-state index in [-0.39, 0.29) is 26.0 Å². The number of amides is 1. The van der Waals surface area contributed by atoms with Crippen molar-refractivity contribution in [2.75, 3.05) is 10.8 Å². The van der Waals surface area contributed by atoms with Crippen molar-refractivity contribution in [2.24, 2.45) is 10.5 Å². The minimum absolute atomic E-state index is 0.0476. The van der Waals surface area contributed by atoms with Gasteiger partial charge in [-0.05, 0) is 44.2 Å². The zero-order valence-corrected chi connectivity index (χ0v) is 19.9. The number of nitrogens with one attached hydrogen (secondary N) is 1. The van der Waals surface area contributed by atoms with Crippen LogP contribution in [0.15, 0.2) is 52.5 Å². The molecule has 162 valence electrons. The maximum absolute atomic E-state index is 13.3. The maximum atomic E-state index is 13.3. The van der Waals surface area contributed by atoms with Crippen LogP contribution in [-0.2, 0) is 14.8 Å². The minimum atomic E-state index is -4.06. The Morgan fingerprint density at radius 2 is 1.60 bits per heavy atom. The number of hydrogen-bond acceptors (Lipinski definition) is 4. The van der Waals surface area contributed by atoms with Gasteiger partial charge in [0.05, 0.1) is 10.6 Å². The first-order valence-corrected chi connectivity index (χ1v) is 11.4. The van der Waals surface area contributed by atoms with Crippen LogP contribution >= 0.6 is 23.2 Å². The first kappa shape index (κ1) is 24.2. The number of carbonyl (C=O) groups excluding carboxylic acids is 1. The van der Waals surface area contributed by atoms with Crippen LogP contribution in [0.5, 0.6) is 0 Å². The molecule has 6 nitrogen and oxygen atoms in total. The summed E-state index contributed by atoms with van der Waals surface area (Å²) in [6.45, 7) is 9.03. The lowest BCUT2D eigenvalue weighted by molar-refractivity contribution is -0.119. The Labute approximate surface area is 187 Å². The summed E-state index contributed by atoms with van der Waals surface area (Å²) in [4.78, 5) is 12.6. The SMILES string of the molecule is C/C(=N/NC(=O)CN(c1cc(Cl)cc(Cl)c1)S(=O)(=O)c1ccc(C)cc1)C(C)(C)C. The first-order valence-electron chi connectivity index (χ1n) is 9.20. The van der Waals surface area contributed by atoms with Crippen molar-refractivity contribution in [2.45, 2.75) is 39.5 Å². The van der Waals surface area contributed by atoms with Crippen molar-refractivity contribution < 1.29 is 13.2 Å². The molecular formula is C21H25Cl2N3O3S. The molecule has 0 atom stereocenters. The predicted molar refractivity (Wildman–Crippen MR) is 123 cm³/mol. The van der Waals surface area contributed by atoms with E-state index in [0.717, 1.165) is 9.87 Å². The lowest BCUT2D eigenvalue weighted by Crippen LogP contribution is -2.40. The molecule has 0 heterocycles. The Morgan fingerprint density at radius 1 is 1.07 bits per heavy atom. The van der Waals surface area contributed by atoms with Crippen LogP contribution in [0.25, 0.3) is 0 Å². The number of anilines is 1. The van der Waals surface area contributed by atoms with Gasteiger partial charge in [0.15, 0.2) is 0 Å². The van der Waals surface area contributed by atoms with Crippen LogP contribution in [0, 0.1) is 12.3 Å². The predicted octanol–water partition coefficient (Wildman–Crippen LogP) is 5.04. The fourth-order valence-electron chi connectivity index (χ4n) is 2.32. The molecule has 2 aromatic carbocycles. The molecule has 30 heavy (non-hydrogen) atoms. The third kappa shape index (κ3) is 6.20. The standard InChI is InChI=1S/C21H25Cl2N3O3S/c1-14-6-8-19(9-7-14)30(28,29)26(18-11-16(22)10-17(23)12-18)13-20(27)25-24-15(2)21(3,4)5/h6-12H,13H2,1-5H3,(H,25,27)/b24-15-. The van der Waals surface area contributed by atoms with E-state index in [2.05, 4.69) is 10.5 Å². The van der Waals surface area contributed by atoms with E-state index >= 15 is 0 Å². The monoisotopic (exact) mass is 469 g/mol. The summed E-state index contributed by atoms with van der Waals surface area (Å²) in [5, 5.41) is 4.59. The molecule has 0 fully saturated rings. The Bertz CT molecular complexity index is 1040. The van der Waals surface area contributed by atoms with Gasteiger partial charge in [0.2, 0.25) is 0 Å². The van der Waals surface area contributed by atoms with Gasteiger partial charge in [0.1, 0.15) is 6.54 Å². The van der Waals surface area contributed by atoms with Crippen molar-refractivity contribution in [3.8, 4) is 0 Å². The smallest absolute Gasteiger partial charge is 0.264 e. The van der Waals surface area contributed by atoms with Gasteiger partial charge >= 0.3 is 0 Å². The summed E-state index contributed by atoms with van der Waals surface area (Å²) in [5.41, 5.74) is 3.99. The highest BCUT2D eigenvalue weighted by Crippen LogP contribution is 2.29. The highest BCUT2D eigenvalue weighted by atomic mass is 35.5. The molecule has 0 aliphatic heterocycles. The lowest BCUT2D eigenvalue weighted by atomic mass is 9.91. The van der Waals surface area contributed by atoms with Gasteiger partial charge in [0, 0.05) is 21.2 Å². The van der Waals surface area contributed by atoms with Crippen molar-refractivity contribution in [3.05, 3.63) is 58.1 Å². The molecule has 0 aliphatic carbocycles. The average Bonchev–Trinajstić information content (AvgIpc) is 2.62. The molecule has 0 bridgehead atoms. The molecule has 0 saturated carbocycles. The zero-order chi connectivity index (χ0) is 22.7. The molecule has 0 aromatic heterocycles. The van der Waals surface area contributed by atoms with Crippen LogP contribution in [-0.4, -0.2) is 26.6 Å². The lowest BCUT2D eigenvalue weighted by Gasteiger charge is -2.24. The first-order chi connectivity index (χ1) is 13.8. The third-order valence-corrected chi connectivity index (χ3v) is 6.69. The van der Waals surface area contributed by atoms with E-state index in [9.17, 15) is 13.2 Å². The summed E-state index contributed by atoms with van der Waals surface area (Å²) >= 11 is 12.1. The summed E-state index contributed by atoms with van der Waals surface area (Å²) in [6, 6.07) is 10.7. The zero-order valence-electron chi connectivity index (χ0n) is 17.5. The van der Waals surface area contributed by atoms with Crippen molar-refractivity contribution >= 4 is 50.5 Å². The molecule has 0 aliphatic rings. The van der Waals surface area contributed by atoms with E-state index in [4.69, 9.17) is 23.2 Å². The summed E-state index contributed by atoms with van der Waals surface area (Å²) in [7, 11) is -4.06. The molecule has 0 unspecified atom stereocenters. The highest BCUT2D eigenvalue weighted by molar-refractivity contribution is 7.92. The topological polar surface area (TPSA) is 78.8 Å². The van der Waals surface area contributed by atoms with Crippen molar-refractivity contribution in [1.82, 2.24) is 5.43 Å². The number of rotatable bonds is 6. The molecule has 1 amide bonds. The third-order valence-electron chi connectivity index (χ3n) is 4.47. The molecule has 2 rings (SSSR count). The molecule has 0 spiro atoms. The quantitative estimate of drug-likeness (QED) is 0.475. The number of hydrogen-bond donors (Lipinski definition) is 1. The molecule has 2 aromatic rings. The van der Waals surface area contributed by atoms with Gasteiger partial charge in [-0.15, -0.1) is 0 Å². The Morgan fingerprint density at radius 3 is 2.10 bits per heavy atom. The number of benzene rings is 2. The van der Waals surface area contributed by atoms with Gasteiger partial charge in [-0.2, -0.15) is 5.10 Å². The van der Waals surface area contributed by atoms with Crippen molar-refractivity contribution in [3.63, 3.8) is 0 Å². The molecular weight excluding hydrogens is 445 g/mol. The van der Waals surface area contributed by atoms with Gasteiger partial charge < -0.3 is 0 Å². The molecule has 1 N–H and O–H groups in total. The van der Waals surface area contributed by atoms with E-state index in [1.165, 1.54) is 30.3 Å². The second kappa shape index (κ2) is 9.37. The van der Waals surface area contributed by atoms with Gasteiger partial charge in [-0.3, -0.25) is 9.10 Å². The van der Waals surface area contributed by atoms with Gasteiger partial charge in [-0.25, -0.2) is 13.8 Å². The van der Waals surface area contributed by atoms with Crippen molar-refractivity contribution in [1.29, 1.82) is 0 Å². The average molecular weight is 470 g/mol. The Hall–Kier alpha value is -2.09. The van der Waals surface area contributed by atoms with Gasteiger partial charge in [-0.1, -0.05) is 61.7 Å². The van der Waals surface area contributed by atoms with E-state index in [1.54, 1.807) is 19.1 Å². The van der Waals surface area contributed by atoms with Crippen LogP contribution in [0.3, 0.4) is 0 Å². The van der Waals surface area contributed by atoms with E-state index in [1.807, 2.05) is 27.7 Å². The Kier molecular flexibility index (Phi) is 7.55. The number of aryl methyl sites for hydroxylation is 1. The largest absolute Gasteiger partial charge is 0.271 e.